The molecule has 0 radical (unpaired) electrons. The molecule has 88 valence electrons. The first-order valence-corrected chi connectivity index (χ1v) is 6.51. The first-order chi connectivity index (χ1) is 7.23. The van der Waals surface area contributed by atoms with Crippen LogP contribution in [0.1, 0.15) is 39.5 Å². The maximum absolute atomic E-state index is 5.63. The fraction of sp³-hybridized carbons (Fsp3) is 1.00. The Kier molecular flexibility index (Phi) is 3.68. The van der Waals surface area contributed by atoms with Gasteiger partial charge in [0, 0.05) is 18.6 Å². The minimum absolute atomic E-state index is 0.493. The van der Waals surface area contributed by atoms with Crippen LogP contribution in [-0.4, -0.2) is 26.3 Å². The third kappa shape index (κ3) is 2.54. The van der Waals surface area contributed by atoms with Crippen LogP contribution in [0.5, 0.6) is 0 Å². The molecule has 1 aliphatic carbocycles. The third-order valence-corrected chi connectivity index (χ3v) is 4.13. The minimum Gasteiger partial charge on any atom is -0.381 e. The molecule has 1 saturated carbocycles. The summed E-state index contributed by atoms with van der Waals surface area (Å²) in [6.45, 7) is 8.86. The predicted octanol–water partition coefficient (Wildman–Crippen LogP) is 2.44. The highest BCUT2D eigenvalue weighted by Gasteiger charge is 2.44. The normalized spacial score (nSPS) is 32.2. The van der Waals surface area contributed by atoms with Crippen molar-refractivity contribution in [1.29, 1.82) is 0 Å². The summed E-state index contributed by atoms with van der Waals surface area (Å²) >= 11 is 0. The van der Waals surface area contributed by atoms with E-state index < -0.39 is 0 Å². The summed E-state index contributed by atoms with van der Waals surface area (Å²) in [5, 5.41) is 3.64. The van der Waals surface area contributed by atoms with Crippen molar-refractivity contribution >= 4 is 0 Å². The van der Waals surface area contributed by atoms with Gasteiger partial charge in [-0.1, -0.05) is 20.3 Å². The molecular formula is C13H25NO. The Hall–Kier alpha value is -0.0800. The van der Waals surface area contributed by atoms with Crippen LogP contribution < -0.4 is 5.32 Å². The van der Waals surface area contributed by atoms with Crippen LogP contribution in [0.3, 0.4) is 0 Å². The molecule has 0 aromatic carbocycles. The van der Waals surface area contributed by atoms with E-state index >= 15 is 0 Å². The monoisotopic (exact) mass is 211 g/mol. The molecule has 0 bridgehead atoms. The van der Waals surface area contributed by atoms with Crippen LogP contribution in [0, 0.1) is 17.3 Å². The first kappa shape index (κ1) is 11.4. The summed E-state index contributed by atoms with van der Waals surface area (Å²) in [5.74, 6) is 1.70. The Morgan fingerprint density at radius 3 is 2.67 bits per heavy atom. The average Bonchev–Trinajstić information content (AvgIpc) is 2.50. The van der Waals surface area contributed by atoms with Gasteiger partial charge in [0.15, 0.2) is 0 Å². The molecule has 0 aromatic heterocycles. The van der Waals surface area contributed by atoms with Gasteiger partial charge in [0.25, 0.3) is 0 Å². The average molecular weight is 211 g/mol. The van der Waals surface area contributed by atoms with Gasteiger partial charge < -0.3 is 10.1 Å². The molecule has 1 atom stereocenters. The zero-order valence-electron chi connectivity index (χ0n) is 10.2. The molecule has 1 saturated heterocycles. The van der Waals surface area contributed by atoms with Gasteiger partial charge in [0.2, 0.25) is 0 Å². The molecule has 0 amide bonds. The fourth-order valence-corrected chi connectivity index (χ4v) is 2.86. The second-order valence-corrected chi connectivity index (χ2v) is 5.82. The molecule has 1 aliphatic heterocycles. The van der Waals surface area contributed by atoms with Crippen molar-refractivity contribution in [2.24, 2.45) is 17.3 Å². The highest BCUT2D eigenvalue weighted by Crippen LogP contribution is 2.46. The van der Waals surface area contributed by atoms with E-state index in [1.54, 1.807) is 0 Å². The summed E-state index contributed by atoms with van der Waals surface area (Å²) in [6.07, 6.45) is 5.60. The number of ether oxygens (including phenoxy) is 1. The van der Waals surface area contributed by atoms with Crippen molar-refractivity contribution in [3.05, 3.63) is 0 Å². The van der Waals surface area contributed by atoms with E-state index in [0.717, 1.165) is 31.6 Å². The van der Waals surface area contributed by atoms with E-state index in [4.69, 9.17) is 4.74 Å². The standard InChI is InChI=1S/C13H25NO/c1-11(2)8-14-9-13(6-7-15-10-13)12-4-3-5-12/h11-12,14H,3-10H2,1-2H3. The molecule has 1 unspecified atom stereocenters. The number of rotatable bonds is 5. The summed E-state index contributed by atoms with van der Waals surface area (Å²) in [5.41, 5.74) is 0.493. The van der Waals surface area contributed by atoms with Gasteiger partial charge in [0.05, 0.1) is 6.61 Å². The van der Waals surface area contributed by atoms with Gasteiger partial charge in [-0.25, -0.2) is 0 Å². The number of nitrogens with one attached hydrogen (secondary N) is 1. The summed E-state index contributed by atoms with van der Waals surface area (Å²) in [7, 11) is 0. The van der Waals surface area contributed by atoms with Crippen LogP contribution >= 0.6 is 0 Å². The third-order valence-electron chi connectivity index (χ3n) is 4.13. The molecule has 15 heavy (non-hydrogen) atoms. The minimum atomic E-state index is 0.493. The van der Waals surface area contributed by atoms with Crippen molar-refractivity contribution in [2.75, 3.05) is 26.3 Å². The summed E-state index contributed by atoms with van der Waals surface area (Å²) in [6, 6.07) is 0. The van der Waals surface area contributed by atoms with Gasteiger partial charge >= 0.3 is 0 Å². The van der Waals surface area contributed by atoms with E-state index in [2.05, 4.69) is 19.2 Å². The second-order valence-electron chi connectivity index (χ2n) is 5.82. The molecule has 1 heterocycles. The largest absolute Gasteiger partial charge is 0.381 e. The van der Waals surface area contributed by atoms with Gasteiger partial charge in [-0.05, 0) is 37.6 Å². The Morgan fingerprint density at radius 2 is 2.20 bits per heavy atom. The Bertz CT molecular complexity index is 193. The van der Waals surface area contributed by atoms with Crippen LogP contribution in [0.15, 0.2) is 0 Å². The SMILES string of the molecule is CC(C)CNCC1(C2CCC2)CCOC1. The van der Waals surface area contributed by atoms with Crippen LogP contribution in [0.2, 0.25) is 0 Å². The zero-order chi connectivity index (χ0) is 10.7. The maximum atomic E-state index is 5.63. The van der Waals surface area contributed by atoms with Crippen LogP contribution in [0.25, 0.3) is 0 Å². The summed E-state index contributed by atoms with van der Waals surface area (Å²) in [4.78, 5) is 0. The zero-order valence-corrected chi connectivity index (χ0v) is 10.2. The van der Waals surface area contributed by atoms with Crippen molar-refractivity contribution in [2.45, 2.75) is 39.5 Å². The van der Waals surface area contributed by atoms with Crippen molar-refractivity contribution < 1.29 is 4.74 Å². The van der Waals surface area contributed by atoms with Gasteiger partial charge in [0.1, 0.15) is 0 Å². The second kappa shape index (κ2) is 4.84. The van der Waals surface area contributed by atoms with Crippen LogP contribution in [0.4, 0.5) is 0 Å². The van der Waals surface area contributed by atoms with E-state index in [-0.39, 0.29) is 0 Å². The molecule has 2 nitrogen and oxygen atoms in total. The van der Waals surface area contributed by atoms with Crippen molar-refractivity contribution in [3.63, 3.8) is 0 Å². The molecule has 0 aromatic rings. The Morgan fingerprint density at radius 1 is 1.40 bits per heavy atom. The lowest BCUT2D eigenvalue weighted by atomic mass is 9.64. The molecule has 0 spiro atoms. The molecule has 1 N–H and O–H groups in total. The van der Waals surface area contributed by atoms with Gasteiger partial charge in [-0.3, -0.25) is 0 Å². The lowest BCUT2D eigenvalue weighted by Gasteiger charge is -2.42. The van der Waals surface area contributed by atoms with E-state index in [1.165, 1.54) is 32.2 Å². The van der Waals surface area contributed by atoms with Crippen molar-refractivity contribution in [3.8, 4) is 0 Å². The molecule has 2 heteroatoms. The molecule has 2 aliphatic rings. The Balaban J connectivity index is 1.82. The van der Waals surface area contributed by atoms with Crippen LogP contribution in [-0.2, 0) is 4.74 Å². The predicted molar refractivity (Wildman–Crippen MR) is 62.9 cm³/mol. The maximum Gasteiger partial charge on any atom is 0.0538 e. The van der Waals surface area contributed by atoms with E-state index in [0.29, 0.717) is 5.41 Å². The number of hydrogen-bond donors (Lipinski definition) is 1. The lowest BCUT2D eigenvalue weighted by molar-refractivity contribution is 0.0591. The molecule has 2 rings (SSSR count). The lowest BCUT2D eigenvalue weighted by Crippen LogP contribution is -2.44. The highest BCUT2D eigenvalue weighted by atomic mass is 16.5. The number of hydrogen-bond acceptors (Lipinski definition) is 2. The van der Waals surface area contributed by atoms with Crippen molar-refractivity contribution in [1.82, 2.24) is 5.32 Å². The topological polar surface area (TPSA) is 21.3 Å². The highest BCUT2D eigenvalue weighted by molar-refractivity contribution is 4.94. The van der Waals surface area contributed by atoms with E-state index in [1.807, 2.05) is 0 Å². The van der Waals surface area contributed by atoms with Gasteiger partial charge in [-0.2, -0.15) is 0 Å². The fourth-order valence-electron chi connectivity index (χ4n) is 2.86. The Labute approximate surface area is 93.8 Å². The summed E-state index contributed by atoms with van der Waals surface area (Å²) < 4.78 is 5.63. The first-order valence-electron chi connectivity index (χ1n) is 6.51. The van der Waals surface area contributed by atoms with E-state index in [9.17, 15) is 0 Å². The molecule has 2 fully saturated rings. The molecular weight excluding hydrogens is 186 g/mol. The van der Waals surface area contributed by atoms with Gasteiger partial charge in [-0.15, -0.1) is 0 Å². The smallest absolute Gasteiger partial charge is 0.0538 e. The quantitative estimate of drug-likeness (QED) is 0.754.